The highest BCUT2D eigenvalue weighted by molar-refractivity contribution is 6.31. The molecule has 0 saturated carbocycles. The number of alkyl halides is 3. The smallest absolute Gasteiger partial charge is 0.326 e. The molecular weight excluding hydrogens is 389 g/mol. The van der Waals surface area contributed by atoms with Crippen LogP contribution in [0.4, 0.5) is 18.9 Å². The minimum Gasteiger partial charge on any atom is -0.326 e. The van der Waals surface area contributed by atoms with Gasteiger partial charge in [-0.15, -0.1) is 0 Å². The Labute approximate surface area is 167 Å². The first-order chi connectivity index (χ1) is 13.2. The molecule has 7 heteroatoms. The number of carbonyl (C=O) groups is 1. The number of hydrogen-bond acceptors (Lipinski definition) is 2. The molecule has 0 unspecified atom stereocenters. The highest BCUT2D eigenvalue weighted by atomic mass is 35.5. The number of aryl methyl sites for hydroxylation is 1. The van der Waals surface area contributed by atoms with Gasteiger partial charge >= 0.3 is 6.18 Å². The van der Waals surface area contributed by atoms with E-state index in [1.54, 1.807) is 0 Å². The van der Waals surface area contributed by atoms with Gasteiger partial charge < -0.3 is 5.32 Å². The van der Waals surface area contributed by atoms with Gasteiger partial charge in [0.2, 0.25) is 5.91 Å². The first-order valence-electron chi connectivity index (χ1n) is 9.18. The van der Waals surface area contributed by atoms with Gasteiger partial charge in [0.15, 0.2) is 0 Å². The fourth-order valence-corrected chi connectivity index (χ4v) is 3.71. The number of carbonyl (C=O) groups excluding carboxylic acids is 1. The third-order valence-corrected chi connectivity index (χ3v) is 5.32. The predicted octanol–water partition coefficient (Wildman–Crippen LogP) is 5.52. The minimum atomic E-state index is -4.56. The molecule has 1 fully saturated rings. The largest absolute Gasteiger partial charge is 0.417 e. The average Bonchev–Trinajstić information content (AvgIpc) is 2.63. The van der Waals surface area contributed by atoms with Crippen molar-refractivity contribution in [1.29, 1.82) is 0 Å². The van der Waals surface area contributed by atoms with Crippen molar-refractivity contribution < 1.29 is 18.0 Å². The normalized spacial score (nSPS) is 16.2. The van der Waals surface area contributed by atoms with E-state index in [-0.39, 0.29) is 22.5 Å². The molecule has 1 heterocycles. The number of rotatable bonds is 4. The molecule has 1 N–H and O–H groups in total. The lowest BCUT2D eigenvalue weighted by atomic mass is 9.95. The van der Waals surface area contributed by atoms with Crippen LogP contribution in [0.2, 0.25) is 5.02 Å². The van der Waals surface area contributed by atoms with Crippen LogP contribution in [0.5, 0.6) is 0 Å². The third kappa shape index (κ3) is 5.26. The maximum absolute atomic E-state index is 13.0. The van der Waals surface area contributed by atoms with E-state index < -0.39 is 11.7 Å². The maximum Gasteiger partial charge on any atom is 0.417 e. The third-order valence-electron chi connectivity index (χ3n) is 4.99. The standard InChI is InChI=1S/C21H22ClF3N2O/c1-14-3-2-4-15(11-14)13-27-9-7-16(8-10-27)20(28)26-17-5-6-19(22)18(12-17)21(23,24)25/h2-6,11-12,16H,7-10,13H2,1H3,(H,26,28). The second-order valence-corrected chi connectivity index (χ2v) is 7.63. The summed E-state index contributed by atoms with van der Waals surface area (Å²) in [5.74, 6) is -0.454. The summed E-state index contributed by atoms with van der Waals surface area (Å²) >= 11 is 5.62. The van der Waals surface area contributed by atoms with Gasteiger partial charge in [-0.1, -0.05) is 41.4 Å². The van der Waals surface area contributed by atoms with Crippen molar-refractivity contribution >= 4 is 23.2 Å². The first kappa shape index (κ1) is 20.7. The zero-order valence-corrected chi connectivity index (χ0v) is 16.3. The zero-order chi connectivity index (χ0) is 20.3. The summed E-state index contributed by atoms with van der Waals surface area (Å²) in [7, 11) is 0. The molecule has 1 saturated heterocycles. The number of amides is 1. The van der Waals surface area contributed by atoms with Gasteiger partial charge in [0, 0.05) is 18.2 Å². The topological polar surface area (TPSA) is 32.3 Å². The van der Waals surface area contributed by atoms with E-state index >= 15 is 0 Å². The number of piperidine rings is 1. The van der Waals surface area contributed by atoms with Gasteiger partial charge in [-0.25, -0.2) is 0 Å². The lowest BCUT2D eigenvalue weighted by Gasteiger charge is -2.31. The number of nitrogens with zero attached hydrogens (tertiary/aromatic N) is 1. The Bertz CT molecular complexity index is 846. The molecule has 0 aromatic heterocycles. The summed E-state index contributed by atoms with van der Waals surface area (Å²) in [5, 5.41) is 2.23. The molecule has 3 rings (SSSR count). The predicted molar refractivity (Wildman–Crippen MR) is 104 cm³/mol. The fourth-order valence-electron chi connectivity index (χ4n) is 3.49. The number of likely N-dealkylation sites (tertiary alicyclic amines) is 1. The molecule has 3 nitrogen and oxygen atoms in total. The van der Waals surface area contributed by atoms with Crippen molar-refractivity contribution in [2.75, 3.05) is 18.4 Å². The van der Waals surface area contributed by atoms with Gasteiger partial charge in [0.05, 0.1) is 10.6 Å². The van der Waals surface area contributed by atoms with Gasteiger partial charge in [0.1, 0.15) is 0 Å². The van der Waals surface area contributed by atoms with Crippen LogP contribution in [-0.4, -0.2) is 23.9 Å². The van der Waals surface area contributed by atoms with Crippen LogP contribution in [0.1, 0.15) is 29.5 Å². The molecule has 0 aliphatic carbocycles. The maximum atomic E-state index is 13.0. The summed E-state index contributed by atoms with van der Waals surface area (Å²) in [4.78, 5) is 14.8. The van der Waals surface area contributed by atoms with Crippen molar-refractivity contribution in [3.8, 4) is 0 Å². The van der Waals surface area contributed by atoms with E-state index in [0.29, 0.717) is 12.8 Å². The fraction of sp³-hybridized carbons (Fsp3) is 0.381. The Balaban J connectivity index is 1.56. The van der Waals surface area contributed by atoms with Crippen molar-refractivity contribution in [2.24, 2.45) is 5.92 Å². The Morgan fingerprint density at radius 2 is 1.89 bits per heavy atom. The summed E-state index contributed by atoms with van der Waals surface area (Å²) < 4.78 is 38.9. The molecule has 0 bridgehead atoms. The highest BCUT2D eigenvalue weighted by Crippen LogP contribution is 2.36. The van der Waals surface area contributed by atoms with Crippen LogP contribution in [-0.2, 0) is 17.5 Å². The SMILES string of the molecule is Cc1cccc(CN2CCC(C(=O)Nc3ccc(Cl)c(C(F)(F)F)c3)CC2)c1. The summed E-state index contributed by atoms with van der Waals surface area (Å²) in [6, 6.07) is 11.8. The van der Waals surface area contributed by atoms with Gasteiger partial charge in [-0.2, -0.15) is 13.2 Å². The van der Waals surface area contributed by atoms with Gasteiger partial charge in [0.25, 0.3) is 0 Å². The highest BCUT2D eigenvalue weighted by Gasteiger charge is 2.33. The van der Waals surface area contributed by atoms with E-state index in [4.69, 9.17) is 11.6 Å². The van der Waals surface area contributed by atoms with Crippen molar-refractivity contribution in [1.82, 2.24) is 4.90 Å². The molecule has 28 heavy (non-hydrogen) atoms. The number of anilines is 1. The second-order valence-electron chi connectivity index (χ2n) is 7.22. The van der Waals surface area contributed by atoms with Crippen LogP contribution >= 0.6 is 11.6 Å². The second kappa shape index (κ2) is 8.53. The van der Waals surface area contributed by atoms with Gasteiger partial charge in [-0.3, -0.25) is 9.69 Å². The van der Waals surface area contributed by atoms with E-state index in [1.165, 1.54) is 17.2 Å². The lowest BCUT2D eigenvalue weighted by Crippen LogP contribution is -2.37. The molecule has 1 aliphatic rings. The van der Waals surface area contributed by atoms with Crippen LogP contribution in [0, 0.1) is 12.8 Å². The molecule has 0 spiro atoms. The molecule has 1 amide bonds. The molecule has 150 valence electrons. The number of nitrogens with one attached hydrogen (secondary N) is 1. The molecule has 2 aromatic carbocycles. The summed E-state index contributed by atoms with van der Waals surface area (Å²) in [6.07, 6.45) is -3.20. The Kier molecular flexibility index (Phi) is 6.30. The Morgan fingerprint density at radius 3 is 2.54 bits per heavy atom. The van der Waals surface area contributed by atoms with Crippen LogP contribution in [0.15, 0.2) is 42.5 Å². The van der Waals surface area contributed by atoms with E-state index in [2.05, 4.69) is 35.3 Å². The Morgan fingerprint density at radius 1 is 1.18 bits per heavy atom. The van der Waals surface area contributed by atoms with Crippen LogP contribution in [0.25, 0.3) is 0 Å². The van der Waals surface area contributed by atoms with E-state index in [1.807, 2.05) is 6.07 Å². The minimum absolute atomic E-state index is 0.115. The quantitative estimate of drug-likeness (QED) is 0.720. The monoisotopic (exact) mass is 410 g/mol. The van der Waals surface area contributed by atoms with Crippen molar-refractivity contribution in [3.63, 3.8) is 0 Å². The summed E-state index contributed by atoms with van der Waals surface area (Å²) in [5.41, 5.74) is 1.63. The average molecular weight is 411 g/mol. The number of halogens is 4. The van der Waals surface area contributed by atoms with Crippen molar-refractivity contribution in [2.45, 2.75) is 32.5 Å². The molecule has 1 aliphatic heterocycles. The van der Waals surface area contributed by atoms with Gasteiger partial charge in [-0.05, 0) is 56.6 Å². The summed E-state index contributed by atoms with van der Waals surface area (Å²) in [6.45, 7) is 4.45. The molecule has 0 radical (unpaired) electrons. The van der Waals surface area contributed by atoms with E-state index in [9.17, 15) is 18.0 Å². The van der Waals surface area contributed by atoms with Crippen LogP contribution < -0.4 is 5.32 Å². The number of hydrogen-bond donors (Lipinski definition) is 1. The first-order valence-corrected chi connectivity index (χ1v) is 9.55. The molecule has 2 aromatic rings. The molecule has 0 atom stereocenters. The van der Waals surface area contributed by atoms with Crippen molar-refractivity contribution in [3.05, 3.63) is 64.2 Å². The Hall–Kier alpha value is -2.05. The zero-order valence-electron chi connectivity index (χ0n) is 15.5. The van der Waals surface area contributed by atoms with Crippen LogP contribution in [0.3, 0.4) is 0 Å². The van der Waals surface area contributed by atoms with E-state index in [0.717, 1.165) is 31.8 Å². The lowest BCUT2D eigenvalue weighted by molar-refractivity contribution is -0.137. The molecular formula is C21H22ClF3N2O. The number of benzene rings is 2.